The van der Waals surface area contributed by atoms with Gasteiger partial charge in [0.25, 0.3) is 0 Å². The van der Waals surface area contributed by atoms with E-state index < -0.39 is 0 Å². The molecule has 0 fully saturated rings. The van der Waals surface area contributed by atoms with Crippen molar-refractivity contribution in [1.29, 1.82) is 0 Å². The number of benzene rings is 1. The maximum atomic E-state index is 12.1. The molecule has 0 aliphatic rings. The number of thiophene rings is 1. The minimum atomic E-state index is -0.0824. The summed E-state index contributed by atoms with van der Waals surface area (Å²) in [7, 11) is 0. The summed E-state index contributed by atoms with van der Waals surface area (Å²) in [6.45, 7) is 1.43. The van der Waals surface area contributed by atoms with Gasteiger partial charge >= 0.3 is 0 Å². The largest absolute Gasteiger partial charge is 0.395 e. The van der Waals surface area contributed by atoms with Gasteiger partial charge in [-0.2, -0.15) is 11.3 Å². The maximum Gasteiger partial charge on any atom is 0.238 e. The monoisotopic (exact) mass is 368 g/mol. The summed E-state index contributed by atoms with van der Waals surface area (Å²) in [6.07, 6.45) is 0. The van der Waals surface area contributed by atoms with Crippen molar-refractivity contribution in [3.63, 3.8) is 0 Å². The van der Waals surface area contributed by atoms with Gasteiger partial charge in [-0.3, -0.25) is 9.69 Å². The molecule has 0 atom stereocenters. The van der Waals surface area contributed by atoms with Crippen LogP contribution in [0.1, 0.15) is 5.56 Å². The number of halogens is 1. The van der Waals surface area contributed by atoms with Crippen LogP contribution in [-0.4, -0.2) is 35.6 Å². The molecule has 0 saturated carbocycles. The molecule has 2 aromatic rings. The molecule has 6 heteroatoms. The van der Waals surface area contributed by atoms with Gasteiger partial charge < -0.3 is 10.4 Å². The van der Waals surface area contributed by atoms with Crippen molar-refractivity contribution >= 4 is 38.9 Å². The van der Waals surface area contributed by atoms with Crippen LogP contribution in [0.25, 0.3) is 0 Å². The van der Waals surface area contributed by atoms with E-state index in [1.54, 1.807) is 11.3 Å². The molecule has 2 rings (SSSR count). The highest BCUT2D eigenvalue weighted by Gasteiger charge is 2.11. The normalized spacial score (nSPS) is 10.8. The number of anilines is 1. The van der Waals surface area contributed by atoms with E-state index in [0.717, 1.165) is 15.7 Å². The molecule has 0 spiro atoms. The van der Waals surface area contributed by atoms with E-state index in [4.69, 9.17) is 5.11 Å². The molecule has 1 aromatic heterocycles. The second kappa shape index (κ2) is 8.29. The first-order valence-electron chi connectivity index (χ1n) is 6.57. The molecule has 0 bridgehead atoms. The fraction of sp³-hybridized carbons (Fsp3) is 0.267. The lowest BCUT2D eigenvalue weighted by atomic mass is 10.3. The highest BCUT2D eigenvalue weighted by molar-refractivity contribution is 9.10. The SMILES string of the molecule is O=C(CN(CCO)Cc1ccsc1)Nc1ccc(Br)cc1. The number of hydrogen-bond donors (Lipinski definition) is 2. The van der Waals surface area contributed by atoms with Gasteiger partial charge in [-0.25, -0.2) is 0 Å². The number of carbonyl (C=O) groups is 1. The quantitative estimate of drug-likeness (QED) is 0.789. The van der Waals surface area contributed by atoms with E-state index >= 15 is 0 Å². The van der Waals surface area contributed by atoms with Gasteiger partial charge in [-0.05, 0) is 46.7 Å². The Bertz CT molecular complexity index is 558. The summed E-state index contributed by atoms with van der Waals surface area (Å²) >= 11 is 4.99. The molecular weight excluding hydrogens is 352 g/mol. The number of nitrogens with zero attached hydrogens (tertiary/aromatic N) is 1. The number of amides is 1. The number of hydrogen-bond acceptors (Lipinski definition) is 4. The molecule has 1 heterocycles. The number of aliphatic hydroxyl groups excluding tert-OH is 1. The molecule has 4 nitrogen and oxygen atoms in total. The summed E-state index contributed by atoms with van der Waals surface area (Å²) in [5.41, 5.74) is 1.92. The molecule has 21 heavy (non-hydrogen) atoms. The second-order valence-corrected chi connectivity index (χ2v) is 6.32. The van der Waals surface area contributed by atoms with Gasteiger partial charge in [0.05, 0.1) is 13.2 Å². The molecule has 0 radical (unpaired) electrons. The van der Waals surface area contributed by atoms with E-state index in [0.29, 0.717) is 13.1 Å². The Morgan fingerprint density at radius 3 is 2.67 bits per heavy atom. The highest BCUT2D eigenvalue weighted by Crippen LogP contribution is 2.14. The lowest BCUT2D eigenvalue weighted by Gasteiger charge is -2.20. The first-order valence-corrected chi connectivity index (χ1v) is 8.30. The zero-order valence-electron chi connectivity index (χ0n) is 11.5. The van der Waals surface area contributed by atoms with E-state index in [1.165, 1.54) is 0 Å². The van der Waals surface area contributed by atoms with Crippen molar-refractivity contribution in [2.24, 2.45) is 0 Å². The van der Waals surface area contributed by atoms with Crippen molar-refractivity contribution in [3.8, 4) is 0 Å². The lowest BCUT2D eigenvalue weighted by Crippen LogP contribution is -2.34. The van der Waals surface area contributed by atoms with Crippen LogP contribution in [0, 0.1) is 0 Å². The van der Waals surface area contributed by atoms with Gasteiger partial charge in [0.15, 0.2) is 0 Å². The van der Waals surface area contributed by atoms with Gasteiger partial charge in [-0.15, -0.1) is 0 Å². The van der Waals surface area contributed by atoms with Crippen LogP contribution in [0.2, 0.25) is 0 Å². The second-order valence-electron chi connectivity index (χ2n) is 4.62. The molecule has 2 N–H and O–H groups in total. The van der Waals surface area contributed by atoms with Crippen LogP contribution in [-0.2, 0) is 11.3 Å². The van der Waals surface area contributed by atoms with E-state index in [9.17, 15) is 4.79 Å². The fourth-order valence-electron chi connectivity index (χ4n) is 1.93. The van der Waals surface area contributed by atoms with Crippen molar-refractivity contribution in [2.75, 3.05) is 25.0 Å². The van der Waals surface area contributed by atoms with E-state index in [-0.39, 0.29) is 19.1 Å². The van der Waals surface area contributed by atoms with Gasteiger partial charge in [0, 0.05) is 23.2 Å². The summed E-state index contributed by atoms with van der Waals surface area (Å²) in [4.78, 5) is 14.0. The van der Waals surface area contributed by atoms with Gasteiger partial charge in [0.1, 0.15) is 0 Å². The van der Waals surface area contributed by atoms with E-state index in [1.807, 2.05) is 40.6 Å². The molecule has 1 amide bonds. The predicted molar refractivity (Wildman–Crippen MR) is 89.5 cm³/mol. The Balaban J connectivity index is 1.89. The van der Waals surface area contributed by atoms with Crippen LogP contribution >= 0.6 is 27.3 Å². The summed E-state index contributed by atoms with van der Waals surface area (Å²) in [6, 6.07) is 9.48. The van der Waals surface area contributed by atoms with Crippen molar-refractivity contribution < 1.29 is 9.90 Å². The van der Waals surface area contributed by atoms with Gasteiger partial charge in [-0.1, -0.05) is 15.9 Å². The fourth-order valence-corrected chi connectivity index (χ4v) is 2.86. The zero-order chi connectivity index (χ0) is 15.1. The van der Waals surface area contributed by atoms with Crippen LogP contribution in [0.5, 0.6) is 0 Å². The minimum absolute atomic E-state index is 0.0374. The van der Waals surface area contributed by atoms with Crippen molar-refractivity contribution in [1.82, 2.24) is 4.90 Å². The third kappa shape index (κ3) is 5.59. The highest BCUT2D eigenvalue weighted by atomic mass is 79.9. The van der Waals surface area contributed by atoms with Gasteiger partial charge in [0.2, 0.25) is 5.91 Å². The number of nitrogens with one attached hydrogen (secondary N) is 1. The van der Waals surface area contributed by atoms with Crippen molar-refractivity contribution in [3.05, 3.63) is 51.1 Å². The number of aliphatic hydroxyl groups is 1. The molecule has 1 aromatic carbocycles. The van der Waals surface area contributed by atoms with Crippen LogP contribution in [0.3, 0.4) is 0 Å². The third-order valence-electron chi connectivity index (χ3n) is 2.90. The van der Waals surface area contributed by atoms with E-state index in [2.05, 4.69) is 26.6 Å². The molecule has 0 unspecified atom stereocenters. The Kier molecular flexibility index (Phi) is 6.38. The minimum Gasteiger partial charge on any atom is -0.395 e. The lowest BCUT2D eigenvalue weighted by molar-refractivity contribution is -0.117. The Hall–Kier alpha value is -1.21. The zero-order valence-corrected chi connectivity index (χ0v) is 13.9. The number of rotatable bonds is 7. The molecule has 0 aliphatic carbocycles. The topological polar surface area (TPSA) is 52.6 Å². The summed E-state index contributed by atoms with van der Waals surface area (Å²) in [5.74, 6) is -0.0824. The Morgan fingerprint density at radius 1 is 1.29 bits per heavy atom. The van der Waals surface area contributed by atoms with Crippen LogP contribution < -0.4 is 5.32 Å². The third-order valence-corrected chi connectivity index (χ3v) is 4.16. The maximum absolute atomic E-state index is 12.1. The molecule has 0 saturated heterocycles. The van der Waals surface area contributed by atoms with Crippen LogP contribution in [0.4, 0.5) is 5.69 Å². The van der Waals surface area contributed by atoms with Crippen LogP contribution in [0.15, 0.2) is 45.6 Å². The molecular formula is C15H17BrN2O2S. The predicted octanol–water partition coefficient (Wildman–Crippen LogP) is 2.94. The standard InChI is InChI=1S/C15H17BrN2O2S/c16-13-1-3-14(4-2-13)17-15(20)10-18(6-7-19)9-12-5-8-21-11-12/h1-5,8,11,19H,6-7,9-10H2,(H,17,20). The average molecular weight is 369 g/mol. The Morgan fingerprint density at radius 2 is 2.05 bits per heavy atom. The Labute approximate surface area is 136 Å². The molecule has 112 valence electrons. The molecule has 0 aliphatic heterocycles. The number of carbonyl (C=O) groups excluding carboxylic acids is 1. The first-order chi connectivity index (χ1) is 10.2. The smallest absolute Gasteiger partial charge is 0.238 e. The summed E-state index contributed by atoms with van der Waals surface area (Å²) in [5, 5.41) is 16.0. The van der Waals surface area contributed by atoms with Crippen molar-refractivity contribution in [2.45, 2.75) is 6.54 Å². The first kappa shape index (κ1) is 16.2. The average Bonchev–Trinajstić information content (AvgIpc) is 2.94. The summed E-state index contributed by atoms with van der Waals surface area (Å²) < 4.78 is 0.972.